The van der Waals surface area contributed by atoms with Crippen molar-refractivity contribution in [3.8, 4) is 0 Å². The van der Waals surface area contributed by atoms with Gasteiger partial charge in [0.1, 0.15) is 0 Å². The molecule has 0 unspecified atom stereocenters. The van der Waals surface area contributed by atoms with E-state index < -0.39 is 10.0 Å². The van der Waals surface area contributed by atoms with E-state index in [4.69, 9.17) is 17.3 Å². The highest BCUT2D eigenvalue weighted by Gasteiger charge is 2.23. The van der Waals surface area contributed by atoms with Gasteiger partial charge in [-0.05, 0) is 43.9 Å². The molecular weight excluding hydrogens is 330 g/mol. The fourth-order valence-corrected chi connectivity index (χ4v) is 5.23. The molecule has 0 fully saturated rings. The molecule has 5 nitrogen and oxygen atoms in total. The van der Waals surface area contributed by atoms with Crippen molar-refractivity contribution in [2.24, 2.45) is 0 Å². The van der Waals surface area contributed by atoms with Crippen LogP contribution < -0.4 is 10.5 Å². The van der Waals surface area contributed by atoms with Crippen molar-refractivity contribution in [1.29, 1.82) is 0 Å². The molecule has 0 bridgehead atoms. The number of hydrogen-bond acceptors (Lipinski definition) is 5. The van der Waals surface area contributed by atoms with Crippen molar-refractivity contribution < 1.29 is 8.42 Å². The topological polar surface area (TPSA) is 85.1 Å². The molecule has 2 aromatic rings. The summed E-state index contributed by atoms with van der Waals surface area (Å²) in [6.07, 6.45) is 2.97. The molecule has 1 aromatic heterocycles. The molecule has 0 saturated carbocycles. The van der Waals surface area contributed by atoms with Crippen molar-refractivity contribution >= 4 is 43.8 Å². The summed E-state index contributed by atoms with van der Waals surface area (Å²) >= 11 is 7.30. The fraction of sp³-hybridized carbons (Fsp3) is 0.308. The maximum Gasteiger partial charge on any atom is 0.264 e. The SMILES string of the molecule is Cc1c(N)cc(Cl)cc1S(=O)(=O)Nc1nc2c(s1)CCC2. The zero-order valence-corrected chi connectivity index (χ0v) is 13.7. The standard InChI is InChI=1S/C13H14ClN3O2S2/c1-7-9(15)5-8(14)6-12(7)21(18,19)17-13-16-10-3-2-4-11(10)20-13/h5-6H,2-4,15H2,1H3,(H,16,17). The van der Waals surface area contributed by atoms with Crippen LogP contribution in [-0.4, -0.2) is 13.4 Å². The lowest BCUT2D eigenvalue weighted by molar-refractivity contribution is 0.600. The minimum Gasteiger partial charge on any atom is -0.398 e. The van der Waals surface area contributed by atoms with Crippen molar-refractivity contribution in [1.82, 2.24) is 4.98 Å². The van der Waals surface area contributed by atoms with Gasteiger partial charge in [0.2, 0.25) is 0 Å². The molecule has 1 heterocycles. The number of rotatable bonds is 3. The molecule has 0 aliphatic heterocycles. The number of thiazole rings is 1. The molecule has 21 heavy (non-hydrogen) atoms. The lowest BCUT2D eigenvalue weighted by Gasteiger charge is -2.11. The van der Waals surface area contributed by atoms with Crippen LogP contribution >= 0.6 is 22.9 Å². The highest BCUT2D eigenvalue weighted by molar-refractivity contribution is 7.93. The van der Waals surface area contributed by atoms with Crippen LogP contribution in [0.1, 0.15) is 22.6 Å². The second-order valence-corrected chi connectivity index (χ2v) is 8.14. The first-order chi connectivity index (χ1) is 9.87. The number of aromatic nitrogens is 1. The number of nitrogens with one attached hydrogen (secondary N) is 1. The molecule has 0 amide bonds. The van der Waals surface area contributed by atoms with E-state index in [1.54, 1.807) is 6.92 Å². The number of aryl methyl sites for hydroxylation is 2. The summed E-state index contributed by atoms with van der Waals surface area (Å²) in [4.78, 5) is 5.59. The Balaban J connectivity index is 1.97. The third-order valence-corrected chi connectivity index (χ3v) is 6.36. The van der Waals surface area contributed by atoms with Gasteiger partial charge in [-0.3, -0.25) is 4.72 Å². The highest BCUT2D eigenvalue weighted by atomic mass is 35.5. The Morgan fingerprint density at radius 3 is 2.86 bits per heavy atom. The first kappa shape index (κ1) is 14.6. The summed E-state index contributed by atoms with van der Waals surface area (Å²) in [6.45, 7) is 1.65. The van der Waals surface area contributed by atoms with Crippen LogP contribution in [-0.2, 0) is 22.9 Å². The Hall–Kier alpha value is -1.31. The molecule has 1 aliphatic rings. The molecule has 3 rings (SSSR count). The molecule has 0 atom stereocenters. The summed E-state index contributed by atoms with van der Waals surface area (Å²) in [7, 11) is -3.74. The number of halogens is 1. The summed E-state index contributed by atoms with van der Waals surface area (Å²) in [5.74, 6) is 0. The minimum atomic E-state index is -3.74. The second kappa shape index (κ2) is 5.15. The molecule has 8 heteroatoms. The van der Waals surface area contributed by atoms with Crippen LogP contribution in [0.5, 0.6) is 0 Å². The number of nitrogens with zero attached hydrogens (tertiary/aromatic N) is 1. The van der Waals surface area contributed by atoms with Gasteiger partial charge >= 0.3 is 0 Å². The van der Waals surface area contributed by atoms with Crippen LogP contribution in [0.15, 0.2) is 17.0 Å². The molecule has 1 aliphatic carbocycles. The van der Waals surface area contributed by atoms with Crippen molar-refractivity contribution in [2.45, 2.75) is 31.1 Å². The normalized spacial score (nSPS) is 14.2. The predicted molar refractivity (Wildman–Crippen MR) is 85.5 cm³/mol. The van der Waals surface area contributed by atoms with Gasteiger partial charge in [-0.15, -0.1) is 11.3 Å². The summed E-state index contributed by atoms with van der Waals surface area (Å²) in [6, 6.07) is 2.94. The van der Waals surface area contributed by atoms with Crippen molar-refractivity contribution in [3.63, 3.8) is 0 Å². The lowest BCUT2D eigenvalue weighted by atomic mass is 10.2. The number of nitrogens with two attached hydrogens (primary N) is 1. The van der Waals surface area contributed by atoms with E-state index in [-0.39, 0.29) is 4.90 Å². The maximum atomic E-state index is 12.5. The van der Waals surface area contributed by atoms with E-state index in [1.165, 1.54) is 23.5 Å². The summed E-state index contributed by atoms with van der Waals surface area (Å²) < 4.78 is 27.5. The third kappa shape index (κ3) is 2.73. The number of benzene rings is 1. The minimum absolute atomic E-state index is 0.0860. The van der Waals surface area contributed by atoms with Gasteiger partial charge in [0.05, 0.1) is 10.6 Å². The smallest absolute Gasteiger partial charge is 0.264 e. The van der Waals surface area contributed by atoms with Gasteiger partial charge in [-0.2, -0.15) is 0 Å². The monoisotopic (exact) mass is 343 g/mol. The maximum absolute atomic E-state index is 12.5. The van der Waals surface area contributed by atoms with Crippen LogP contribution in [0.2, 0.25) is 5.02 Å². The van der Waals surface area contributed by atoms with Gasteiger partial charge in [-0.25, -0.2) is 13.4 Å². The lowest BCUT2D eigenvalue weighted by Crippen LogP contribution is -2.15. The zero-order chi connectivity index (χ0) is 15.2. The van der Waals surface area contributed by atoms with Gasteiger partial charge in [0.15, 0.2) is 5.13 Å². The van der Waals surface area contributed by atoms with Crippen LogP contribution in [0.25, 0.3) is 0 Å². The van der Waals surface area contributed by atoms with Crippen molar-refractivity contribution in [3.05, 3.63) is 33.3 Å². The van der Waals surface area contributed by atoms with Gasteiger partial charge < -0.3 is 5.73 Å². The largest absolute Gasteiger partial charge is 0.398 e. The molecule has 112 valence electrons. The third-order valence-electron chi connectivity index (χ3n) is 3.47. The number of sulfonamides is 1. The second-order valence-electron chi connectivity index (χ2n) is 4.97. The first-order valence-corrected chi connectivity index (χ1v) is 9.11. The van der Waals surface area contributed by atoms with E-state index in [2.05, 4.69) is 9.71 Å². The van der Waals surface area contributed by atoms with Gasteiger partial charge in [-0.1, -0.05) is 11.6 Å². The summed E-state index contributed by atoms with van der Waals surface area (Å²) in [5.41, 5.74) is 7.61. The van der Waals surface area contributed by atoms with E-state index in [9.17, 15) is 8.42 Å². The number of fused-ring (bicyclic) bond motifs is 1. The molecule has 0 spiro atoms. The van der Waals surface area contributed by atoms with Gasteiger partial charge in [0, 0.05) is 15.6 Å². The zero-order valence-electron chi connectivity index (χ0n) is 11.3. The Morgan fingerprint density at radius 1 is 1.38 bits per heavy atom. The Morgan fingerprint density at radius 2 is 2.14 bits per heavy atom. The number of anilines is 2. The quantitative estimate of drug-likeness (QED) is 0.839. The van der Waals surface area contributed by atoms with E-state index in [0.29, 0.717) is 21.4 Å². The predicted octanol–water partition coefficient (Wildman–Crippen LogP) is 2.98. The van der Waals surface area contributed by atoms with Crippen molar-refractivity contribution in [2.75, 3.05) is 10.5 Å². The number of nitrogen functional groups attached to an aromatic ring is 1. The molecule has 0 radical (unpaired) electrons. The van der Waals surface area contributed by atoms with E-state index >= 15 is 0 Å². The molecule has 3 N–H and O–H groups in total. The van der Waals surface area contributed by atoms with Crippen LogP contribution in [0.4, 0.5) is 10.8 Å². The summed E-state index contributed by atoms with van der Waals surface area (Å²) in [5, 5.41) is 0.692. The van der Waals surface area contributed by atoms with E-state index in [0.717, 1.165) is 29.8 Å². The highest BCUT2D eigenvalue weighted by Crippen LogP contribution is 2.33. The van der Waals surface area contributed by atoms with E-state index in [1.807, 2.05) is 0 Å². The fourth-order valence-electron chi connectivity index (χ4n) is 2.36. The first-order valence-electron chi connectivity index (χ1n) is 6.44. The molecule has 1 aromatic carbocycles. The Bertz CT molecular complexity index is 794. The van der Waals surface area contributed by atoms with Crippen LogP contribution in [0, 0.1) is 6.92 Å². The van der Waals surface area contributed by atoms with Crippen LogP contribution in [0.3, 0.4) is 0 Å². The average Bonchev–Trinajstić information content (AvgIpc) is 2.93. The molecular formula is C13H14ClN3O2S2. The Labute approximate surface area is 132 Å². The number of hydrogen-bond donors (Lipinski definition) is 2. The Kier molecular flexibility index (Phi) is 3.59. The van der Waals surface area contributed by atoms with Gasteiger partial charge in [0.25, 0.3) is 10.0 Å². The average molecular weight is 344 g/mol. The molecule has 0 saturated heterocycles.